The lowest BCUT2D eigenvalue weighted by atomic mass is 10.1. The van der Waals surface area contributed by atoms with Crippen molar-refractivity contribution in [2.75, 3.05) is 32.8 Å². The fraction of sp³-hybridized carbons (Fsp3) is 1.00. The van der Waals surface area contributed by atoms with Crippen molar-refractivity contribution in [3.63, 3.8) is 0 Å². The highest BCUT2D eigenvalue weighted by Gasteiger charge is 2.28. The Morgan fingerprint density at radius 2 is 1.88 bits per heavy atom. The van der Waals surface area contributed by atoms with E-state index in [0.29, 0.717) is 6.04 Å². The molecule has 2 aliphatic rings. The molecule has 3 nitrogen and oxygen atoms in total. The number of unbranched alkanes of at least 4 members (excludes halogenated alkanes) is 1. The molecule has 0 aromatic carbocycles. The lowest BCUT2D eigenvalue weighted by Gasteiger charge is -2.26. The first-order chi connectivity index (χ1) is 8.40. The fourth-order valence-corrected chi connectivity index (χ4v) is 2.59. The average molecular weight is 240 g/mol. The third-order valence-corrected chi connectivity index (χ3v) is 3.92. The number of ether oxygens (including phenoxy) is 1. The molecule has 17 heavy (non-hydrogen) atoms. The second-order valence-corrected chi connectivity index (χ2v) is 5.46. The summed E-state index contributed by atoms with van der Waals surface area (Å²) in [5.74, 6) is 0. The van der Waals surface area contributed by atoms with Gasteiger partial charge in [0, 0.05) is 38.4 Å². The van der Waals surface area contributed by atoms with E-state index >= 15 is 0 Å². The van der Waals surface area contributed by atoms with Crippen LogP contribution in [0.4, 0.5) is 0 Å². The highest BCUT2D eigenvalue weighted by molar-refractivity contribution is 4.85. The van der Waals surface area contributed by atoms with Crippen LogP contribution < -0.4 is 5.32 Å². The first kappa shape index (κ1) is 13.3. The van der Waals surface area contributed by atoms with Crippen molar-refractivity contribution in [2.24, 2.45) is 0 Å². The predicted octanol–water partition coefficient (Wildman–Crippen LogP) is 2.02. The zero-order valence-corrected chi connectivity index (χ0v) is 11.3. The van der Waals surface area contributed by atoms with Crippen LogP contribution in [0.25, 0.3) is 0 Å². The van der Waals surface area contributed by atoms with E-state index < -0.39 is 0 Å². The SMILES string of the molecule is CCCCN(CCNC1CCOCC1)C1CC1. The summed E-state index contributed by atoms with van der Waals surface area (Å²) < 4.78 is 5.38. The Hall–Kier alpha value is -0.120. The van der Waals surface area contributed by atoms with Crippen LogP contribution in [0.3, 0.4) is 0 Å². The summed E-state index contributed by atoms with van der Waals surface area (Å²) in [6.45, 7) is 7.87. The third-order valence-electron chi connectivity index (χ3n) is 3.92. The van der Waals surface area contributed by atoms with E-state index in [-0.39, 0.29) is 0 Å². The van der Waals surface area contributed by atoms with Crippen molar-refractivity contribution in [1.29, 1.82) is 0 Å². The molecule has 0 bridgehead atoms. The Bertz CT molecular complexity index is 200. The maximum Gasteiger partial charge on any atom is 0.0480 e. The Kier molecular flexibility index (Phi) is 5.75. The maximum absolute atomic E-state index is 5.38. The maximum atomic E-state index is 5.38. The van der Waals surface area contributed by atoms with Gasteiger partial charge in [0.25, 0.3) is 0 Å². The van der Waals surface area contributed by atoms with Crippen molar-refractivity contribution >= 4 is 0 Å². The van der Waals surface area contributed by atoms with Gasteiger partial charge < -0.3 is 10.1 Å². The van der Waals surface area contributed by atoms with E-state index in [1.807, 2.05) is 0 Å². The molecule has 0 atom stereocenters. The minimum atomic E-state index is 0.705. The summed E-state index contributed by atoms with van der Waals surface area (Å²) in [6, 6.07) is 1.62. The number of nitrogens with zero attached hydrogens (tertiary/aromatic N) is 1. The molecule has 1 N–H and O–H groups in total. The lowest BCUT2D eigenvalue weighted by molar-refractivity contribution is 0.0771. The van der Waals surface area contributed by atoms with Crippen LogP contribution in [0.1, 0.15) is 45.4 Å². The fourth-order valence-electron chi connectivity index (χ4n) is 2.59. The molecule has 0 aromatic heterocycles. The topological polar surface area (TPSA) is 24.5 Å². The molecule has 0 aromatic rings. The minimum Gasteiger partial charge on any atom is -0.381 e. The van der Waals surface area contributed by atoms with Crippen LogP contribution in [-0.2, 0) is 4.74 Å². The molecule has 1 saturated carbocycles. The molecule has 3 heteroatoms. The largest absolute Gasteiger partial charge is 0.381 e. The van der Waals surface area contributed by atoms with Crippen molar-refractivity contribution in [3.05, 3.63) is 0 Å². The summed E-state index contributed by atoms with van der Waals surface area (Å²) in [5, 5.41) is 3.69. The van der Waals surface area contributed by atoms with Gasteiger partial charge >= 0.3 is 0 Å². The molecule has 1 heterocycles. The first-order valence-corrected chi connectivity index (χ1v) is 7.45. The molecule has 2 rings (SSSR count). The van der Waals surface area contributed by atoms with E-state index in [4.69, 9.17) is 4.74 Å². The first-order valence-electron chi connectivity index (χ1n) is 7.45. The van der Waals surface area contributed by atoms with E-state index in [2.05, 4.69) is 17.1 Å². The van der Waals surface area contributed by atoms with E-state index in [1.54, 1.807) is 0 Å². The van der Waals surface area contributed by atoms with Gasteiger partial charge in [-0.2, -0.15) is 0 Å². The van der Waals surface area contributed by atoms with Gasteiger partial charge in [-0.25, -0.2) is 0 Å². The summed E-state index contributed by atoms with van der Waals surface area (Å²) >= 11 is 0. The van der Waals surface area contributed by atoms with Crippen molar-refractivity contribution < 1.29 is 4.74 Å². The Morgan fingerprint density at radius 1 is 1.12 bits per heavy atom. The van der Waals surface area contributed by atoms with Crippen molar-refractivity contribution in [1.82, 2.24) is 10.2 Å². The molecule has 1 saturated heterocycles. The van der Waals surface area contributed by atoms with Crippen LogP contribution >= 0.6 is 0 Å². The van der Waals surface area contributed by atoms with Gasteiger partial charge in [-0.15, -0.1) is 0 Å². The average Bonchev–Trinajstić information content (AvgIpc) is 3.19. The third kappa shape index (κ3) is 4.94. The molecule has 2 fully saturated rings. The van der Waals surface area contributed by atoms with Gasteiger partial charge in [-0.3, -0.25) is 4.90 Å². The number of hydrogen-bond donors (Lipinski definition) is 1. The van der Waals surface area contributed by atoms with Crippen molar-refractivity contribution in [3.8, 4) is 0 Å². The van der Waals surface area contributed by atoms with E-state index in [9.17, 15) is 0 Å². The zero-order valence-electron chi connectivity index (χ0n) is 11.3. The van der Waals surface area contributed by atoms with Crippen molar-refractivity contribution in [2.45, 2.75) is 57.5 Å². The van der Waals surface area contributed by atoms with Gasteiger partial charge in [0.1, 0.15) is 0 Å². The van der Waals surface area contributed by atoms with Gasteiger partial charge in [0.2, 0.25) is 0 Å². The van der Waals surface area contributed by atoms with Gasteiger partial charge in [-0.1, -0.05) is 13.3 Å². The van der Waals surface area contributed by atoms with Crippen LogP contribution in [0.15, 0.2) is 0 Å². The summed E-state index contributed by atoms with van der Waals surface area (Å²) in [5.41, 5.74) is 0. The summed E-state index contributed by atoms with van der Waals surface area (Å²) in [6.07, 6.45) is 7.92. The van der Waals surface area contributed by atoms with Crippen LogP contribution in [0.2, 0.25) is 0 Å². The van der Waals surface area contributed by atoms with Crippen LogP contribution in [0, 0.1) is 0 Å². The molecular formula is C14H28N2O. The number of nitrogens with one attached hydrogen (secondary N) is 1. The smallest absolute Gasteiger partial charge is 0.0480 e. The van der Waals surface area contributed by atoms with E-state index in [0.717, 1.165) is 25.8 Å². The Morgan fingerprint density at radius 3 is 2.53 bits per heavy atom. The molecule has 1 aliphatic heterocycles. The molecular weight excluding hydrogens is 212 g/mol. The Balaban J connectivity index is 1.57. The van der Waals surface area contributed by atoms with E-state index in [1.165, 1.54) is 51.6 Å². The van der Waals surface area contributed by atoms with Crippen LogP contribution in [0.5, 0.6) is 0 Å². The predicted molar refractivity (Wildman–Crippen MR) is 71.3 cm³/mol. The molecule has 0 radical (unpaired) electrons. The Labute approximate surface area is 106 Å². The standard InChI is InChI=1S/C14H28N2O/c1-2-3-9-16(14-4-5-14)10-8-15-13-6-11-17-12-7-13/h13-15H,2-12H2,1H3. The van der Waals surface area contributed by atoms with Crippen LogP contribution in [-0.4, -0.2) is 49.8 Å². The molecule has 0 amide bonds. The minimum absolute atomic E-state index is 0.705. The van der Waals surface area contributed by atoms with Gasteiger partial charge in [0.05, 0.1) is 0 Å². The molecule has 100 valence electrons. The molecule has 1 aliphatic carbocycles. The second-order valence-electron chi connectivity index (χ2n) is 5.46. The lowest BCUT2D eigenvalue weighted by Crippen LogP contribution is -2.40. The quantitative estimate of drug-likeness (QED) is 0.702. The summed E-state index contributed by atoms with van der Waals surface area (Å²) in [4.78, 5) is 2.69. The number of rotatable bonds is 8. The monoisotopic (exact) mass is 240 g/mol. The zero-order chi connectivity index (χ0) is 11.9. The second kappa shape index (κ2) is 7.34. The highest BCUT2D eigenvalue weighted by atomic mass is 16.5. The van der Waals surface area contributed by atoms with Gasteiger partial charge in [0.15, 0.2) is 0 Å². The molecule has 0 unspecified atom stereocenters. The summed E-state index contributed by atoms with van der Waals surface area (Å²) in [7, 11) is 0. The number of hydrogen-bond acceptors (Lipinski definition) is 3. The van der Waals surface area contributed by atoms with Gasteiger partial charge in [-0.05, 0) is 38.6 Å². The molecule has 0 spiro atoms. The normalized spacial score (nSPS) is 22.2. The highest BCUT2D eigenvalue weighted by Crippen LogP contribution is 2.26.